The molecule has 0 spiro atoms. The van der Waals surface area contributed by atoms with E-state index in [0.717, 1.165) is 6.54 Å². The maximum absolute atomic E-state index is 3.61. The maximum Gasteiger partial charge on any atom is 0.0141 e. The van der Waals surface area contributed by atoms with Crippen LogP contribution in [0.3, 0.4) is 0 Å². The number of hydrogen-bond donors (Lipinski definition) is 1. The molecule has 0 atom stereocenters. The lowest BCUT2D eigenvalue weighted by molar-refractivity contribution is 0.358. The minimum atomic E-state index is 0.506. The van der Waals surface area contributed by atoms with E-state index in [2.05, 4.69) is 32.7 Å². The topological polar surface area (TPSA) is 12.0 Å². The van der Waals surface area contributed by atoms with E-state index in [1.807, 2.05) is 0 Å². The Labute approximate surface area is 77.2 Å². The molecule has 1 heteroatoms. The minimum Gasteiger partial charge on any atom is -0.391 e. The quantitative estimate of drug-likeness (QED) is 0.601. The Bertz CT molecular complexity index is 111. The van der Waals surface area contributed by atoms with Crippen LogP contribution in [-0.2, 0) is 0 Å². The van der Waals surface area contributed by atoms with Gasteiger partial charge in [0.05, 0.1) is 0 Å². The highest BCUT2D eigenvalue weighted by Gasteiger charge is 2.08. The molecule has 0 heterocycles. The van der Waals surface area contributed by atoms with Crippen molar-refractivity contribution in [3.05, 3.63) is 12.8 Å². The van der Waals surface area contributed by atoms with E-state index in [0.29, 0.717) is 5.41 Å². The van der Waals surface area contributed by atoms with Crippen LogP contribution >= 0.6 is 0 Å². The summed E-state index contributed by atoms with van der Waals surface area (Å²) in [4.78, 5) is 0. The van der Waals surface area contributed by atoms with Crippen LogP contribution in [0, 0.1) is 5.41 Å². The first-order valence-electron chi connectivity index (χ1n) is 4.90. The van der Waals surface area contributed by atoms with Crippen molar-refractivity contribution < 1.29 is 0 Å². The lowest BCUT2D eigenvalue weighted by Crippen LogP contribution is -2.07. The van der Waals surface area contributed by atoms with Gasteiger partial charge in [0.15, 0.2) is 0 Å². The van der Waals surface area contributed by atoms with Gasteiger partial charge in [-0.1, -0.05) is 40.2 Å². The molecule has 0 saturated heterocycles. The third kappa shape index (κ3) is 9.54. The van der Waals surface area contributed by atoms with Gasteiger partial charge in [0, 0.05) is 6.54 Å². The summed E-state index contributed by atoms with van der Waals surface area (Å²) in [6.45, 7) is 11.6. The molecular formula is C11H23N. The van der Waals surface area contributed by atoms with E-state index in [-0.39, 0.29) is 0 Å². The molecule has 0 saturated carbocycles. The van der Waals surface area contributed by atoms with Crippen molar-refractivity contribution in [1.29, 1.82) is 0 Å². The molecule has 0 aromatic carbocycles. The molecular weight excluding hydrogens is 146 g/mol. The zero-order valence-corrected chi connectivity index (χ0v) is 8.82. The van der Waals surface area contributed by atoms with Crippen molar-refractivity contribution in [2.45, 2.75) is 46.5 Å². The third-order valence-electron chi connectivity index (χ3n) is 1.89. The highest BCUT2D eigenvalue weighted by atomic mass is 14.8. The van der Waals surface area contributed by atoms with Gasteiger partial charge < -0.3 is 5.32 Å². The van der Waals surface area contributed by atoms with E-state index in [1.165, 1.54) is 25.7 Å². The van der Waals surface area contributed by atoms with Crippen LogP contribution in [0.2, 0.25) is 0 Å². The van der Waals surface area contributed by atoms with Crippen molar-refractivity contribution in [1.82, 2.24) is 5.32 Å². The molecule has 0 unspecified atom stereocenters. The van der Waals surface area contributed by atoms with Crippen molar-refractivity contribution >= 4 is 0 Å². The van der Waals surface area contributed by atoms with Gasteiger partial charge in [-0.25, -0.2) is 0 Å². The number of hydrogen-bond acceptors (Lipinski definition) is 1. The minimum absolute atomic E-state index is 0.506. The van der Waals surface area contributed by atoms with Gasteiger partial charge in [-0.05, 0) is 24.5 Å². The summed E-state index contributed by atoms with van der Waals surface area (Å²) in [5.74, 6) is 0. The Morgan fingerprint density at radius 2 is 1.83 bits per heavy atom. The average Bonchev–Trinajstić information content (AvgIpc) is 1.94. The summed E-state index contributed by atoms with van der Waals surface area (Å²) in [5, 5.41) is 3.11. The van der Waals surface area contributed by atoms with Crippen LogP contribution < -0.4 is 5.32 Å². The molecule has 0 amide bonds. The summed E-state index contributed by atoms with van der Waals surface area (Å²) in [5.41, 5.74) is 0.506. The predicted octanol–water partition coefficient (Wildman–Crippen LogP) is 3.33. The number of unbranched alkanes of at least 4 members (excludes halogenated alkanes) is 2. The second kappa shape index (κ2) is 6.10. The first-order valence-corrected chi connectivity index (χ1v) is 4.90. The number of nitrogens with one attached hydrogen (secondary N) is 1. The Morgan fingerprint density at radius 1 is 1.17 bits per heavy atom. The summed E-state index contributed by atoms with van der Waals surface area (Å²) in [7, 11) is 0. The molecule has 0 aromatic heterocycles. The van der Waals surface area contributed by atoms with Crippen molar-refractivity contribution in [2.24, 2.45) is 5.41 Å². The van der Waals surface area contributed by atoms with Crippen molar-refractivity contribution in [3.8, 4) is 0 Å². The van der Waals surface area contributed by atoms with Crippen molar-refractivity contribution in [2.75, 3.05) is 6.54 Å². The zero-order chi connectivity index (χ0) is 9.45. The fourth-order valence-electron chi connectivity index (χ4n) is 1.16. The van der Waals surface area contributed by atoms with Crippen LogP contribution in [0.25, 0.3) is 0 Å². The van der Waals surface area contributed by atoms with E-state index in [9.17, 15) is 0 Å². The molecule has 0 radical (unpaired) electrons. The molecule has 0 rings (SSSR count). The van der Waals surface area contributed by atoms with Gasteiger partial charge in [-0.3, -0.25) is 0 Å². The fraction of sp³-hybridized carbons (Fsp3) is 0.818. The smallest absolute Gasteiger partial charge is 0.0141 e. The Morgan fingerprint density at radius 3 is 2.33 bits per heavy atom. The van der Waals surface area contributed by atoms with Gasteiger partial charge in [0.1, 0.15) is 0 Å². The second-order valence-electron chi connectivity index (χ2n) is 4.53. The summed E-state index contributed by atoms with van der Waals surface area (Å²) in [6, 6.07) is 0. The summed E-state index contributed by atoms with van der Waals surface area (Å²) >= 11 is 0. The Kier molecular flexibility index (Phi) is 5.87. The van der Waals surface area contributed by atoms with Gasteiger partial charge in [-0.15, -0.1) is 0 Å². The zero-order valence-electron chi connectivity index (χ0n) is 8.82. The Hall–Kier alpha value is -0.460. The van der Waals surface area contributed by atoms with E-state index in [4.69, 9.17) is 0 Å². The maximum atomic E-state index is 3.61. The molecule has 1 N–H and O–H groups in total. The molecule has 12 heavy (non-hydrogen) atoms. The normalized spacial score (nSPS) is 11.2. The standard InChI is InChI=1S/C11H23N/c1-5-12-10-8-6-7-9-11(2,3)4/h5,12H,1,6-10H2,2-4H3. The van der Waals surface area contributed by atoms with Crippen LogP contribution in [0.4, 0.5) is 0 Å². The van der Waals surface area contributed by atoms with E-state index < -0.39 is 0 Å². The van der Waals surface area contributed by atoms with Gasteiger partial charge in [0.2, 0.25) is 0 Å². The summed E-state index contributed by atoms with van der Waals surface area (Å²) < 4.78 is 0. The first kappa shape index (κ1) is 11.5. The lowest BCUT2D eigenvalue weighted by atomic mass is 9.89. The fourth-order valence-corrected chi connectivity index (χ4v) is 1.16. The van der Waals surface area contributed by atoms with E-state index >= 15 is 0 Å². The largest absolute Gasteiger partial charge is 0.391 e. The van der Waals surface area contributed by atoms with E-state index in [1.54, 1.807) is 6.20 Å². The SMILES string of the molecule is C=CNCCCCCC(C)(C)C. The van der Waals surface area contributed by atoms with Crippen LogP contribution in [-0.4, -0.2) is 6.54 Å². The molecule has 0 aliphatic heterocycles. The predicted molar refractivity (Wildman–Crippen MR) is 56.1 cm³/mol. The number of rotatable bonds is 6. The molecule has 0 fully saturated rings. The first-order chi connectivity index (χ1) is 5.56. The van der Waals surface area contributed by atoms with Crippen LogP contribution in [0.5, 0.6) is 0 Å². The average molecular weight is 169 g/mol. The van der Waals surface area contributed by atoms with Gasteiger partial charge in [0.25, 0.3) is 0 Å². The lowest BCUT2D eigenvalue weighted by Gasteiger charge is -2.17. The second-order valence-corrected chi connectivity index (χ2v) is 4.53. The molecule has 72 valence electrons. The van der Waals surface area contributed by atoms with Gasteiger partial charge in [-0.2, -0.15) is 0 Å². The highest BCUT2D eigenvalue weighted by molar-refractivity contribution is 4.64. The molecule has 0 aliphatic rings. The monoisotopic (exact) mass is 169 g/mol. The van der Waals surface area contributed by atoms with Crippen LogP contribution in [0.15, 0.2) is 12.8 Å². The van der Waals surface area contributed by atoms with Crippen molar-refractivity contribution in [3.63, 3.8) is 0 Å². The summed E-state index contributed by atoms with van der Waals surface area (Å²) in [6.07, 6.45) is 7.05. The third-order valence-corrected chi connectivity index (χ3v) is 1.89. The molecule has 1 nitrogen and oxygen atoms in total. The molecule has 0 bridgehead atoms. The molecule has 0 aromatic rings. The Balaban J connectivity index is 3.06. The van der Waals surface area contributed by atoms with Crippen LogP contribution in [0.1, 0.15) is 46.5 Å². The molecule has 0 aliphatic carbocycles. The van der Waals surface area contributed by atoms with Gasteiger partial charge >= 0.3 is 0 Å². The highest BCUT2D eigenvalue weighted by Crippen LogP contribution is 2.21.